The molecule has 0 unspecified atom stereocenters. The number of rotatable bonds is 4. The molecule has 1 aromatic heterocycles. The van der Waals surface area contributed by atoms with Crippen molar-refractivity contribution in [2.45, 2.75) is 13.8 Å². The average molecular weight is 243 g/mol. The van der Waals surface area contributed by atoms with Crippen molar-refractivity contribution in [3.05, 3.63) is 48.3 Å². The van der Waals surface area contributed by atoms with Gasteiger partial charge in [0.05, 0.1) is 5.69 Å². The van der Waals surface area contributed by atoms with Crippen LogP contribution in [0.1, 0.15) is 24.2 Å². The molecule has 0 fully saturated rings. The number of amides is 1. The molecule has 1 N–H and O–H groups in total. The summed E-state index contributed by atoms with van der Waals surface area (Å²) in [5, 5.41) is 7.05. The summed E-state index contributed by atoms with van der Waals surface area (Å²) in [4.78, 5) is 11.9. The fourth-order valence-corrected chi connectivity index (χ4v) is 1.61. The molecule has 4 heteroatoms. The minimum Gasteiger partial charge on any atom is -0.352 e. The fourth-order valence-electron chi connectivity index (χ4n) is 1.61. The van der Waals surface area contributed by atoms with E-state index in [9.17, 15) is 4.79 Å². The largest absolute Gasteiger partial charge is 0.352 e. The number of hydrogen-bond acceptors (Lipinski definition) is 2. The highest BCUT2D eigenvalue weighted by Crippen LogP contribution is 2.09. The fraction of sp³-hybridized carbons (Fsp3) is 0.286. The number of nitrogens with zero attached hydrogens (tertiary/aromatic N) is 2. The molecule has 1 amide bonds. The first kappa shape index (κ1) is 12.4. The molecule has 0 spiro atoms. The van der Waals surface area contributed by atoms with Gasteiger partial charge >= 0.3 is 0 Å². The van der Waals surface area contributed by atoms with Crippen molar-refractivity contribution in [2.24, 2.45) is 5.92 Å². The zero-order valence-electron chi connectivity index (χ0n) is 10.6. The lowest BCUT2D eigenvalue weighted by molar-refractivity contribution is 0.0949. The maximum absolute atomic E-state index is 11.9. The van der Waals surface area contributed by atoms with Gasteiger partial charge in [0.1, 0.15) is 0 Å². The van der Waals surface area contributed by atoms with Crippen LogP contribution in [0, 0.1) is 5.92 Å². The van der Waals surface area contributed by atoms with E-state index in [1.165, 1.54) is 0 Å². The van der Waals surface area contributed by atoms with Gasteiger partial charge in [-0.05, 0) is 30.2 Å². The van der Waals surface area contributed by atoms with Crippen LogP contribution in [0.2, 0.25) is 0 Å². The molecule has 2 aromatic rings. The summed E-state index contributed by atoms with van der Waals surface area (Å²) in [6, 6.07) is 9.28. The summed E-state index contributed by atoms with van der Waals surface area (Å²) < 4.78 is 1.74. The Morgan fingerprint density at radius 3 is 2.89 bits per heavy atom. The van der Waals surface area contributed by atoms with E-state index >= 15 is 0 Å². The quantitative estimate of drug-likeness (QED) is 0.895. The molecule has 0 aliphatic carbocycles. The number of carbonyl (C=O) groups excluding carboxylic acids is 1. The molecule has 2 rings (SSSR count). The molecular formula is C14H17N3O. The van der Waals surface area contributed by atoms with Gasteiger partial charge in [-0.15, -0.1) is 0 Å². The van der Waals surface area contributed by atoms with Gasteiger partial charge in [0.15, 0.2) is 0 Å². The lowest BCUT2D eigenvalue weighted by Gasteiger charge is -2.08. The highest BCUT2D eigenvalue weighted by atomic mass is 16.1. The van der Waals surface area contributed by atoms with Gasteiger partial charge in [-0.2, -0.15) is 5.10 Å². The summed E-state index contributed by atoms with van der Waals surface area (Å²) in [5.41, 5.74) is 1.54. The Kier molecular flexibility index (Phi) is 3.77. The van der Waals surface area contributed by atoms with Crippen molar-refractivity contribution in [3.8, 4) is 5.69 Å². The van der Waals surface area contributed by atoms with Crippen LogP contribution in [0.4, 0.5) is 0 Å². The normalized spacial score (nSPS) is 10.6. The zero-order valence-corrected chi connectivity index (χ0v) is 10.6. The lowest BCUT2D eigenvalue weighted by atomic mass is 10.1. The summed E-state index contributed by atoms with van der Waals surface area (Å²) in [6.07, 6.45) is 3.57. The summed E-state index contributed by atoms with van der Waals surface area (Å²) in [6.45, 7) is 4.83. The topological polar surface area (TPSA) is 46.9 Å². The summed E-state index contributed by atoms with van der Waals surface area (Å²) in [5.74, 6) is 0.404. The van der Waals surface area contributed by atoms with Gasteiger partial charge < -0.3 is 5.32 Å². The van der Waals surface area contributed by atoms with Crippen molar-refractivity contribution in [3.63, 3.8) is 0 Å². The van der Waals surface area contributed by atoms with Gasteiger partial charge in [-0.3, -0.25) is 4.79 Å². The zero-order chi connectivity index (χ0) is 13.0. The van der Waals surface area contributed by atoms with Crippen LogP contribution in [0.15, 0.2) is 42.7 Å². The van der Waals surface area contributed by atoms with E-state index in [0.717, 1.165) is 5.69 Å². The molecule has 1 heterocycles. The Labute approximate surface area is 107 Å². The van der Waals surface area contributed by atoms with Crippen molar-refractivity contribution in [1.82, 2.24) is 15.1 Å². The maximum Gasteiger partial charge on any atom is 0.251 e. The molecule has 1 aromatic carbocycles. The predicted molar refractivity (Wildman–Crippen MR) is 70.7 cm³/mol. The third-order valence-electron chi connectivity index (χ3n) is 2.55. The number of hydrogen-bond donors (Lipinski definition) is 1. The molecule has 0 bridgehead atoms. The number of nitrogens with one attached hydrogen (secondary N) is 1. The number of benzene rings is 1. The van der Waals surface area contributed by atoms with Crippen molar-refractivity contribution in [2.75, 3.05) is 6.54 Å². The van der Waals surface area contributed by atoms with Crippen LogP contribution < -0.4 is 5.32 Å². The van der Waals surface area contributed by atoms with Crippen molar-refractivity contribution < 1.29 is 4.79 Å². The van der Waals surface area contributed by atoms with Gasteiger partial charge in [-0.25, -0.2) is 4.68 Å². The molecule has 0 radical (unpaired) electrons. The Balaban J connectivity index is 2.15. The van der Waals surface area contributed by atoms with Crippen LogP contribution in [-0.2, 0) is 0 Å². The first-order chi connectivity index (χ1) is 8.66. The number of carbonyl (C=O) groups is 1. The second-order valence-electron chi connectivity index (χ2n) is 4.60. The molecule has 4 nitrogen and oxygen atoms in total. The third kappa shape index (κ3) is 2.97. The molecule has 0 saturated carbocycles. The minimum atomic E-state index is -0.0438. The SMILES string of the molecule is CC(C)CNC(=O)c1cccc(-n2cccn2)c1. The Morgan fingerprint density at radius 2 is 2.22 bits per heavy atom. The number of aromatic nitrogens is 2. The van der Waals surface area contributed by atoms with Crippen LogP contribution in [-0.4, -0.2) is 22.2 Å². The van der Waals surface area contributed by atoms with E-state index in [1.807, 2.05) is 36.5 Å². The second-order valence-corrected chi connectivity index (χ2v) is 4.60. The van der Waals surface area contributed by atoms with E-state index in [1.54, 1.807) is 10.9 Å². The van der Waals surface area contributed by atoms with Gasteiger partial charge in [-0.1, -0.05) is 19.9 Å². The first-order valence-corrected chi connectivity index (χ1v) is 6.05. The second kappa shape index (κ2) is 5.49. The Morgan fingerprint density at radius 1 is 1.39 bits per heavy atom. The lowest BCUT2D eigenvalue weighted by Crippen LogP contribution is -2.27. The average Bonchev–Trinajstić information content (AvgIpc) is 2.90. The van der Waals surface area contributed by atoms with Crippen LogP contribution in [0.25, 0.3) is 5.69 Å². The monoisotopic (exact) mass is 243 g/mol. The molecule has 18 heavy (non-hydrogen) atoms. The standard InChI is InChI=1S/C14H17N3O/c1-11(2)10-15-14(18)12-5-3-6-13(9-12)17-8-4-7-16-17/h3-9,11H,10H2,1-2H3,(H,15,18). The first-order valence-electron chi connectivity index (χ1n) is 6.05. The van der Waals surface area contributed by atoms with Gasteiger partial charge in [0.2, 0.25) is 0 Å². The van der Waals surface area contributed by atoms with Gasteiger partial charge in [0.25, 0.3) is 5.91 Å². The van der Waals surface area contributed by atoms with E-state index in [-0.39, 0.29) is 5.91 Å². The smallest absolute Gasteiger partial charge is 0.251 e. The maximum atomic E-state index is 11.9. The van der Waals surface area contributed by atoms with E-state index in [4.69, 9.17) is 0 Å². The molecule has 94 valence electrons. The molecular weight excluding hydrogens is 226 g/mol. The Hall–Kier alpha value is -2.10. The van der Waals surface area contributed by atoms with Crippen molar-refractivity contribution in [1.29, 1.82) is 0 Å². The van der Waals surface area contributed by atoms with Crippen LogP contribution in [0.3, 0.4) is 0 Å². The minimum absolute atomic E-state index is 0.0438. The van der Waals surface area contributed by atoms with Gasteiger partial charge in [0, 0.05) is 24.5 Å². The Bertz CT molecular complexity index is 518. The molecule has 0 saturated heterocycles. The van der Waals surface area contributed by atoms with E-state index in [2.05, 4.69) is 24.3 Å². The third-order valence-corrected chi connectivity index (χ3v) is 2.55. The highest BCUT2D eigenvalue weighted by molar-refractivity contribution is 5.94. The predicted octanol–water partition coefficient (Wildman–Crippen LogP) is 2.26. The van der Waals surface area contributed by atoms with Crippen LogP contribution in [0.5, 0.6) is 0 Å². The van der Waals surface area contributed by atoms with Crippen LogP contribution >= 0.6 is 0 Å². The summed E-state index contributed by atoms with van der Waals surface area (Å²) >= 11 is 0. The molecule has 0 aliphatic heterocycles. The summed E-state index contributed by atoms with van der Waals surface area (Å²) in [7, 11) is 0. The van der Waals surface area contributed by atoms with Crippen molar-refractivity contribution >= 4 is 5.91 Å². The van der Waals surface area contributed by atoms with E-state index in [0.29, 0.717) is 18.0 Å². The van der Waals surface area contributed by atoms with E-state index < -0.39 is 0 Å². The highest BCUT2D eigenvalue weighted by Gasteiger charge is 2.07. The molecule has 0 aliphatic rings. The molecule has 0 atom stereocenters.